The molecule has 0 heterocycles. The minimum Gasteiger partial charge on any atom is -0.0880 e. The number of rotatable bonds is 0. The summed E-state index contributed by atoms with van der Waals surface area (Å²) in [4.78, 5) is 0. The Kier molecular flexibility index (Phi) is 2.57. The Morgan fingerprint density at radius 3 is 2.68 bits per heavy atom. The minimum absolute atomic E-state index is 0.533. The summed E-state index contributed by atoms with van der Waals surface area (Å²) in [6.07, 6.45) is 20.2. The Morgan fingerprint density at radius 1 is 0.895 bits per heavy atom. The van der Waals surface area contributed by atoms with Crippen LogP contribution in [0.3, 0.4) is 0 Å². The van der Waals surface area contributed by atoms with Crippen molar-refractivity contribution in [3.8, 4) is 0 Å². The van der Waals surface area contributed by atoms with Crippen LogP contribution in [0.4, 0.5) is 0 Å². The highest BCUT2D eigenvalue weighted by Gasteiger charge is 2.55. The third-order valence-corrected chi connectivity index (χ3v) is 7.45. The molecule has 2 saturated carbocycles. The lowest BCUT2D eigenvalue weighted by atomic mass is 9.46. The van der Waals surface area contributed by atoms with E-state index in [0.717, 1.165) is 23.7 Å². The lowest BCUT2D eigenvalue weighted by Gasteiger charge is -2.58. The molecule has 0 aliphatic heterocycles. The average Bonchev–Trinajstić information content (AvgIpc) is 2.79. The molecule has 0 nitrogen and oxygen atoms in total. The highest BCUT2D eigenvalue weighted by atomic mass is 14.6. The van der Waals surface area contributed by atoms with Crippen molar-refractivity contribution in [1.82, 2.24) is 0 Å². The van der Waals surface area contributed by atoms with E-state index in [9.17, 15) is 0 Å². The van der Waals surface area contributed by atoms with Gasteiger partial charge in [-0.1, -0.05) is 38.2 Å². The van der Waals surface area contributed by atoms with E-state index in [4.69, 9.17) is 0 Å². The van der Waals surface area contributed by atoms with E-state index in [1.54, 1.807) is 0 Å². The second kappa shape index (κ2) is 3.99. The van der Waals surface area contributed by atoms with Crippen molar-refractivity contribution in [2.75, 3.05) is 0 Å². The van der Waals surface area contributed by atoms with Crippen molar-refractivity contribution in [3.05, 3.63) is 24.3 Å². The summed E-state index contributed by atoms with van der Waals surface area (Å²) in [5.74, 6) is 3.91. The fraction of sp³-hybridized carbons (Fsp3) is 0.789. The van der Waals surface area contributed by atoms with Crippen molar-refractivity contribution in [2.45, 2.75) is 58.8 Å². The zero-order chi connectivity index (χ0) is 13.1. The molecule has 0 radical (unpaired) electrons. The molecule has 4 aliphatic rings. The zero-order valence-corrected chi connectivity index (χ0v) is 12.6. The molecule has 0 amide bonds. The Hall–Kier alpha value is -0.520. The highest BCUT2D eigenvalue weighted by molar-refractivity contribution is 5.19. The van der Waals surface area contributed by atoms with Gasteiger partial charge in [0, 0.05) is 0 Å². The summed E-state index contributed by atoms with van der Waals surface area (Å²) in [5, 5.41) is 0. The fourth-order valence-electron chi connectivity index (χ4n) is 6.30. The van der Waals surface area contributed by atoms with Gasteiger partial charge in [-0.3, -0.25) is 0 Å². The second-order valence-electron chi connectivity index (χ2n) is 8.18. The van der Waals surface area contributed by atoms with Gasteiger partial charge in [-0.15, -0.1) is 0 Å². The van der Waals surface area contributed by atoms with E-state index in [1.807, 2.05) is 0 Å². The molecule has 0 N–H and O–H groups in total. The standard InChI is InChI=1S/C19H28/c1-18-11-5-7-16(18)15-9-8-14-6-3-4-12-19(14,2)17(15)10-13-18/h4-5,11-12,14-17H,3,6-10,13H2,1-2H3/t14?,15-,16-,17+,18-,19-/m0/s1. The largest absolute Gasteiger partial charge is 0.0880 e. The lowest BCUT2D eigenvalue weighted by Crippen LogP contribution is -2.50. The number of allylic oxidation sites excluding steroid dienone is 4. The van der Waals surface area contributed by atoms with Crippen LogP contribution in [0, 0.1) is 34.5 Å². The molecule has 0 bridgehead atoms. The normalized spacial score (nSPS) is 55.5. The van der Waals surface area contributed by atoms with Crippen molar-refractivity contribution in [2.24, 2.45) is 34.5 Å². The van der Waals surface area contributed by atoms with Gasteiger partial charge in [-0.25, -0.2) is 0 Å². The number of fused-ring (bicyclic) bond motifs is 5. The molecular formula is C19H28. The van der Waals surface area contributed by atoms with Crippen LogP contribution in [0.15, 0.2) is 24.3 Å². The quantitative estimate of drug-likeness (QED) is 0.512. The minimum atomic E-state index is 0.533. The van der Waals surface area contributed by atoms with Crippen LogP contribution >= 0.6 is 0 Å². The van der Waals surface area contributed by atoms with Gasteiger partial charge in [0.15, 0.2) is 0 Å². The molecule has 4 aliphatic carbocycles. The fourth-order valence-corrected chi connectivity index (χ4v) is 6.30. The summed E-state index contributed by atoms with van der Waals surface area (Å²) in [7, 11) is 0. The maximum atomic E-state index is 2.63. The molecule has 6 atom stereocenters. The third-order valence-electron chi connectivity index (χ3n) is 7.45. The predicted octanol–water partition coefficient (Wildman–Crippen LogP) is 5.36. The molecule has 0 saturated heterocycles. The topological polar surface area (TPSA) is 0 Å². The molecule has 4 rings (SSSR count). The maximum Gasteiger partial charge on any atom is -0.00872 e. The summed E-state index contributed by atoms with van der Waals surface area (Å²) in [6, 6.07) is 0. The SMILES string of the molecule is C[C@@]12C=CC[C@H]1[C@@H]1CCC3CCC=C[C@]3(C)[C@@H]1CC2. The van der Waals surface area contributed by atoms with Gasteiger partial charge in [0.1, 0.15) is 0 Å². The van der Waals surface area contributed by atoms with Crippen LogP contribution in [0.25, 0.3) is 0 Å². The van der Waals surface area contributed by atoms with Crippen LogP contribution < -0.4 is 0 Å². The van der Waals surface area contributed by atoms with Crippen molar-refractivity contribution < 1.29 is 0 Å². The molecule has 104 valence electrons. The van der Waals surface area contributed by atoms with Gasteiger partial charge in [0.2, 0.25) is 0 Å². The summed E-state index contributed by atoms with van der Waals surface area (Å²) >= 11 is 0. The molecule has 0 spiro atoms. The van der Waals surface area contributed by atoms with Crippen molar-refractivity contribution in [3.63, 3.8) is 0 Å². The van der Waals surface area contributed by atoms with E-state index in [1.165, 1.54) is 44.9 Å². The van der Waals surface area contributed by atoms with Gasteiger partial charge in [-0.2, -0.15) is 0 Å². The van der Waals surface area contributed by atoms with Crippen molar-refractivity contribution in [1.29, 1.82) is 0 Å². The predicted molar refractivity (Wildman–Crippen MR) is 80.8 cm³/mol. The first kappa shape index (κ1) is 12.2. The van der Waals surface area contributed by atoms with E-state index >= 15 is 0 Å². The average molecular weight is 256 g/mol. The Balaban J connectivity index is 1.69. The lowest BCUT2D eigenvalue weighted by molar-refractivity contribution is -0.0597. The van der Waals surface area contributed by atoms with Crippen LogP contribution in [0.1, 0.15) is 58.8 Å². The summed E-state index contributed by atoms with van der Waals surface area (Å²) in [6.45, 7) is 5.12. The highest BCUT2D eigenvalue weighted by Crippen LogP contribution is 2.63. The van der Waals surface area contributed by atoms with E-state index in [2.05, 4.69) is 38.2 Å². The molecule has 19 heavy (non-hydrogen) atoms. The van der Waals surface area contributed by atoms with Gasteiger partial charge in [0.05, 0.1) is 0 Å². The molecule has 2 fully saturated rings. The number of hydrogen-bond donors (Lipinski definition) is 0. The third kappa shape index (κ3) is 1.58. The van der Waals surface area contributed by atoms with E-state index in [0.29, 0.717) is 10.8 Å². The maximum absolute atomic E-state index is 2.63. The Morgan fingerprint density at radius 2 is 1.79 bits per heavy atom. The van der Waals surface area contributed by atoms with Crippen LogP contribution in [-0.4, -0.2) is 0 Å². The molecule has 0 aromatic carbocycles. The first-order chi connectivity index (χ1) is 9.13. The van der Waals surface area contributed by atoms with E-state index < -0.39 is 0 Å². The second-order valence-corrected chi connectivity index (χ2v) is 8.18. The van der Waals surface area contributed by atoms with Crippen LogP contribution in [-0.2, 0) is 0 Å². The number of hydrogen-bond acceptors (Lipinski definition) is 0. The molecule has 0 heteroatoms. The molecule has 0 aromatic rings. The molecule has 1 unspecified atom stereocenters. The van der Waals surface area contributed by atoms with Crippen LogP contribution in [0.5, 0.6) is 0 Å². The smallest absolute Gasteiger partial charge is 0.00872 e. The molecule has 0 aromatic heterocycles. The van der Waals surface area contributed by atoms with Crippen LogP contribution in [0.2, 0.25) is 0 Å². The summed E-state index contributed by atoms with van der Waals surface area (Å²) in [5.41, 5.74) is 1.08. The van der Waals surface area contributed by atoms with Gasteiger partial charge >= 0.3 is 0 Å². The van der Waals surface area contributed by atoms with Gasteiger partial charge in [-0.05, 0) is 79.4 Å². The van der Waals surface area contributed by atoms with E-state index in [-0.39, 0.29) is 0 Å². The van der Waals surface area contributed by atoms with Gasteiger partial charge < -0.3 is 0 Å². The summed E-state index contributed by atoms with van der Waals surface area (Å²) < 4.78 is 0. The zero-order valence-electron chi connectivity index (χ0n) is 12.6. The Bertz CT molecular complexity index is 431. The first-order valence-corrected chi connectivity index (χ1v) is 8.49. The van der Waals surface area contributed by atoms with Gasteiger partial charge in [0.25, 0.3) is 0 Å². The molecular weight excluding hydrogens is 228 g/mol. The first-order valence-electron chi connectivity index (χ1n) is 8.49. The van der Waals surface area contributed by atoms with Crippen molar-refractivity contribution >= 4 is 0 Å². The monoisotopic (exact) mass is 256 g/mol. The Labute approximate surface area is 118 Å².